The third-order valence-electron chi connectivity index (χ3n) is 10.9. The van der Waals surface area contributed by atoms with Crippen molar-refractivity contribution in [3.8, 4) is 0 Å². The second kappa shape index (κ2) is 12.0. The van der Waals surface area contributed by atoms with E-state index in [1.54, 1.807) is 24.3 Å². The smallest absolute Gasteiger partial charge is 0.335 e. The molecule has 5 atom stereocenters. The second-order valence-corrected chi connectivity index (χ2v) is 14.9. The molecule has 0 aromatic heterocycles. The number of likely N-dealkylation sites (tertiary alicyclic amines) is 1. The molecule has 236 valence electrons. The number of anilines is 1. The third-order valence-corrected chi connectivity index (χ3v) is 12.2. The van der Waals surface area contributed by atoms with Crippen LogP contribution in [0.4, 0.5) is 5.69 Å². The number of aryl methyl sites for hydroxylation is 1. The van der Waals surface area contributed by atoms with Crippen molar-refractivity contribution in [2.75, 3.05) is 25.6 Å². The third kappa shape index (κ3) is 5.30. The average molecular weight is 627 g/mol. The van der Waals surface area contributed by atoms with Crippen molar-refractivity contribution in [3.05, 3.63) is 107 Å². The van der Waals surface area contributed by atoms with Crippen molar-refractivity contribution >= 4 is 21.8 Å². The van der Waals surface area contributed by atoms with Gasteiger partial charge in [0.05, 0.1) is 29.6 Å². The van der Waals surface area contributed by atoms with E-state index in [9.17, 15) is 13.2 Å². The van der Waals surface area contributed by atoms with Gasteiger partial charge in [0.2, 0.25) is 0 Å². The van der Waals surface area contributed by atoms with E-state index < -0.39 is 10.1 Å². The van der Waals surface area contributed by atoms with Gasteiger partial charge in [0.15, 0.2) is 0 Å². The van der Waals surface area contributed by atoms with E-state index in [0.29, 0.717) is 6.42 Å². The number of methoxy groups -OCH3 is 1. The first-order valence-corrected chi connectivity index (χ1v) is 17.6. The molecule has 8 heteroatoms. The van der Waals surface area contributed by atoms with E-state index in [4.69, 9.17) is 8.92 Å². The minimum Gasteiger partial charge on any atom is -0.466 e. The molecule has 2 fully saturated rings. The topological polar surface area (TPSA) is 84.9 Å². The number of nitrogens with one attached hydrogen (secondary N) is 1. The summed E-state index contributed by atoms with van der Waals surface area (Å²) in [6.45, 7) is 3.81. The standard InChI is InChI=1S/C37H42N2O5S/c1-25-16-18-28(19-17-25)45(41,42)44-24-27-12-6-7-13-29(27)30-22-31(36(40)43-2)34-37(32-14-8-9-15-33(32)38-34)20-21-39(35(30)37)23-26-10-4-3-5-11-26/h3-5,8-11,14-19,27,29-30,35,38H,6-7,12-13,20-24H2,1-2H3/t27-,29-,30+,35+,37+/m0/s1. The summed E-state index contributed by atoms with van der Waals surface area (Å²) in [7, 11) is -2.42. The summed E-state index contributed by atoms with van der Waals surface area (Å²) in [5.74, 6) is 0.0997. The number of carbonyl (C=O) groups is 1. The summed E-state index contributed by atoms with van der Waals surface area (Å²) in [4.78, 5) is 16.4. The lowest BCUT2D eigenvalue weighted by Crippen LogP contribution is -2.54. The van der Waals surface area contributed by atoms with Crippen LogP contribution in [0.2, 0.25) is 0 Å². The molecular weight excluding hydrogens is 584 g/mol. The normalized spacial score (nSPS) is 27.8. The Kier molecular flexibility index (Phi) is 8.09. The van der Waals surface area contributed by atoms with Crippen LogP contribution in [0, 0.1) is 24.7 Å². The predicted octanol–water partition coefficient (Wildman–Crippen LogP) is 6.59. The van der Waals surface area contributed by atoms with Crippen molar-refractivity contribution in [1.29, 1.82) is 0 Å². The zero-order valence-corrected chi connectivity index (χ0v) is 26.9. The maximum absolute atomic E-state index is 13.5. The van der Waals surface area contributed by atoms with E-state index in [2.05, 4.69) is 58.7 Å². The van der Waals surface area contributed by atoms with Crippen LogP contribution in [-0.4, -0.2) is 45.6 Å². The quantitative estimate of drug-likeness (QED) is 0.223. The van der Waals surface area contributed by atoms with Crippen LogP contribution < -0.4 is 5.32 Å². The van der Waals surface area contributed by atoms with Crippen molar-refractivity contribution in [2.45, 2.75) is 68.3 Å². The highest BCUT2D eigenvalue weighted by molar-refractivity contribution is 7.86. The van der Waals surface area contributed by atoms with Crippen LogP contribution in [0.25, 0.3) is 0 Å². The van der Waals surface area contributed by atoms with Gasteiger partial charge in [0.25, 0.3) is 10.1 Å². The van der Waals surface area contributed by atoms with Crippen molar-refractivity contribution < 1.29 is 22.1 Å². The van der Waals surface area contributed by atoms with E-state index in [1.807, 2.05) is 13.0 Å². The summed E-state index contributed by atoms with van der Waals surface area (Å²) in [6, 6.07) is 26.1. The Bertz CT molecular complexity index is 1700. The molecule has 7 rings (SSSR count). The first kappa shape index (κ1) is 30.2. The minimum atomic E-state index is -3.89. The highest BCUT2D eigenvalue weighted by Crippen LogP contribution is 2.61. The van der Waals surface area contributed by atoms with Gasteiger partial charge in [-0.25, -0.2) is 4.79 Å². The van der Waals surface area contributed by atoms with Crippen LogP contribution in [0.15, 0.2) is 95.0 Å². The van der Waals surface area contributed by atoms with Crippen molar-refractivity contribution in [2.24, 2.45) is 17.8 Å². The Morgan fingerprint density at radius 2 is 1.69 bits per heavy atom. The SMILES string of the molecule is COC(=O)C1=C2Nc3ccccc3[C@]23CCN(Cc2ccccc2)[C@@H]3[C@@H]([C@H]2CCCC[C@H]2COS(=O)(=O)c2ccc(C)cc2)C1. The molecule has 0 bridgehead atoms. The van der Waals surface area contributed by atoms with Crippen LogP contribution in [0.1, 0.15) is 55.2 Å². The molecule has 1 spiro atoms. The monoisotopic (exact) mass is 626 g/mol. The number of benzene rings is 3. The Balaban J connectivity index is 1.28. The molecule has 1 saturated heterocycles. The molecule has 3 aromatic carbocycles. The van der Waals surface area contributed by atoms with E-state index in [-0.39, 0.29) is 46.7 Å². The molecule has 2 heterocycles. The predicted molar refractivity (Wildman–Crippen MR) is 174 cm³/mol. The summed E-state index contributed by atoms with van der Waals surface area (Å²) >= 11 is 0. The number of nitrogens with zero attached hydrogens (tertiary/aromatic N) is 1. The number of hydrogen-bond acceptors (Lipinski definition) is 7. The van der Waals surface area contributed by atoms with Crippen LogP contribution >= 0.6 is 0 Å². The number of hydrogen-bond donors (Lipinski definition) is 1. The van der Waals surface area contributed by atoms with Gasteiger partial charge in [0, 0.05) is 30.5 Å². The fourth-order valence-electron chi connectivity index (χ4n) is 8.92. The highest BCUT2D eigenvalue weighted by Gasteiger charge is 2.62. The van der Waals surface area contributed by atoms with Gasteiger partial charge >= 0.3 is 5.97 Å². The molecule has 3 aromatic rings. The molecule has 7 nitrogen and oxygen atoms in total. The maximum Gasteiger partial charge on any atom is 0.335 e. The van der Waals surface area contributed by atoms with Gasteiger partial charge in [-0.15, -0.1) is 0 Å². The average Bonchev–Trinajstić information content (AvgIpc) is 3.61. The fraction of sp³-hybridized carbons (Fsp3) is 0.432. The van der Waals surface area contributed by atoms with E-state index in [1.165, 1.54) is 18.2 Å². The Labute approximate surface area is 266 Å². The molecule has 0 radical (unpaired) electrons. The number of carbonyl (C=O) groups excluding carboxylic acids is 1. The van der Waals surface area contributed by atoms with Gasteiger partial charge in [0.1, 0.15) is 0 Å². The summed E-state index contributed by atoms with van der Waals surface area (Å²) < 4.78 is 37.8. The fourth-order valence-corrected chi connectivity index (χ4v) is 9.88. The lowest BCUT2D eigenvalue weighted by atomic mass is 9.57. The van der Waals surface area contributed by atoms with Crippen LogP contribution in [0.3, 0.4) is 0 Å². The van der Waals surface area contributed by atoms with Gasteiger partial charge in [-0.05, 0) is 79.7 Å². The first-order valence-electron chi connectivity index (χ1n) is 16.2. The summed E-state index contributed by atoms with van der Waals surface area (Å²) in [6.07, 6.45) is 5.50. The zero-order chi connectivity index (χ0) is 31.2. The maximum atomic E-state index is 13.5. The molecule has 4 aliphatic rings. The number of rotatable bonds is 8. The van der Waals surface area contributed by atoms with Gasteiger partial charge in [-0.3, -0.25) is 9.08 Å². The molecule has 1 saturated carbocycles. The highest BCUT2D eigenvalue weighted by atomic mass is 32.2. The second-order valence-electron chi connectivity index (χ2n) is 13.3. The largest absolute Gasteiger partial charge is 0.466 e. The molecule has 1 N–H and O–H groups in total. The summed E-state index contributed by atoms with van der Waals surface area (Å²) in [5, 5.41) is 3.70. The molecule has 2 aliphatic carbocycles. The summed E-state index contributed by atoms with van der Waals surface area (Å²) in [5.41, 5.74) is 5.94. The molecular formula is C37H42N2O5S. The molecule has 0 amide bonds. The lowest BCUT2D eigenvalue weighted by Gasteiger charge is -2.50. The van der Waals surface area contributed by atoms with Crippen LogP contribution in [-0.2, 0) is 35.8 Å². The van der Waals surface area contributed by atoms with Crippen molar-refractivity contribution in [3.63, 3.8) is 0 Å². The van der Waals surface area contributed by atoms with Gasteiger partial charge in [-0.1, -0.05) is 79.1 Å². The Hall–Kier alpha value is -3.46. The van der Waals surface area contributed by atoms with Gasteiger partial charge < -0.3 is 10.1 Å². The number of para-hydroxylation sites is 1. The zero-order valence-electron chi connectivity index (χ0n) is 26.1. The van der Waals surface area contributed by atoms with E-state index in [0.717, 1.165) is 67.7 Å². The molecule has 2 aliphatic heterocycles. The number of ether oxygens (including phenoxy) is 1. The first-order chi connectivity index (χ1) is 21.8. The lowest BCUT2D eigenvalue weighted by molar-refractivity contribution is -0.137. The van der Waals surface area contributed by atoms with Crippen molar-refractivity contribution in [1.82, 2.24) is 4.90 Å². The van der Waals surface area contributed by atoms with E-state index >= 15 is 0 Å². The Morgan fingerprint density at radius 1 is 0.956 bits per heavy atom. The van der Waals surface area contributed by atoms with Crippen LogP contribution in [0.5, 0.6) is 0 Å². The number of fused-ring (bicyclic) bond motifs is 1. The molecule has 0 unspecified atom stereocenters. The number of esters is 1. The Morgan fingerprint density at radius 3 is 2.47 bits per heavy atom. The molecule has 45 heavy (non-hydrogen) atoms. The van der Waals surface area contributed by atoms with Gasteiger partial charge in [-0.2, -0.15) is 8.42 Å². The minimum absolute atomic E-state index is 0.0604.